The zero-order valence-corrected chi connectivity index (χ0v) is 11.7. The lowest BCUT2D eigenvalue weighted by Crippen LogP contribution is -2.24. The summed E-state index contributed by atoms with van der Waals surface area (Å²) in [6, 6.07) is 4.61. The summed E-state index contributed by atoms with van der Waals surface area (Å²) < 4.78 is 1.41. The van der Waals surface area contributed by atoms with Crippen LogP contribution in [0.3, 0.4) is 0 Å². The lowest BCUT2D eigenvalue weighted by Gasteiger charge is -2.13. The quantitative estimate of drug-likeness (QED) is 0.691. The van der Waals surface area contributed by atoms with Gasteiger partial charge in [-0.25, -0.2) is 0 Å². The van der Waals surface area contributed by atoms with Gasteiger partial charge in [-0.2, -0.15) is 0 Å². The highest BCUT2D eigenvalue weighted by Crippen LogP contribution is 2.45. The van der Waals surface area contributed by atoms with E-state index < -0.39 is 4.92 Å². The summed E-state index contributed by atoms with van der Waals surface area (Å²) in [7, 11) is 0. The molecular formula is C15H16N2O4. The first kappa shape index (κ1) is 13.8. The first-order chi connectivity index (χ1) is 10.0. The first-order valence-electron chi connectivity index (χ1n) is 6.97. The van der Waals surface area contributed by atoms with Gasteiger partial charge in [-0.1, -0.05) is 6.07 Å². The Hall–Kier alpha value is -2.21. The molecule has 1 fully saturated rings. The number of hydrogen-bond donors (Lipinski definition) is 1. The van der Waals surface area contributed by atoms with Crippen LogP contribution in [0, 0.1) is 10.1 Å². The largest absolute Gasteiger partial charge is 0.394 e. The number of aromatic nitrogens is 1. The Labute approximate surface area is 120 Å². The van der Waals surface area contributed by atoms with Gasteiger partial charge in [0.25, 0.3) is 11.2 Å². The van der Waals surface area contributed by atoms with Crippen LogP contribution in [0.5, 0.6) is 0 Å². The molecule has 6 nitrogen and oxygen atoms in total. The average molecular weight is 288 g/mol. The Morgan fingerprint density at radius 2 is 2.10 bits per heavy atom. The van der Waals surface area contributed by atoms with Crippen molar-refractivity contribution in [1.29, 1.82) is 0 Å². The SMILES string of the molecule is C[C@H](CO)n1ccc2c([N+](=O)[O-])c(C3CC3)ccc2c1=O. The Balaban J connectivity index is 2.30. The third-order valence-electron chi connectivity index (χ3n) is 4.05. The highest BCUT2D eigenvalue weighted by atomic mass is 16.6. The monoisotopic (exact) mass is 288 g/mol. The molecule has 1 heterocycles. The number of rotatable bonds is 4. The van der Waals surface area contributed by atoms with E-state index in [0.717, 1.165) is 18.4 Å². The number of hydrogen-bond acceptors (Lipinski definition) is 4. The van der Waals surface area contributed by atoms with E-state index in [1.54, 1.807) is 25.1 Å². The number of nitro groups is 1. The lowest BCUT2D eigenvalue weighted by atomic mass is 10.0. The van der Waals surface area contributed by atoms with Gasteiger partial charge in [0.15, 0.2) is 0 Å². The Morgan fingerprint density at radius 1 is 1.38 bits per heavy atom. The molecule has 1 aromatic heterocycles. The van der Waals surface area contributed by atoms with E-state index in [-0.39, 0.29) is 29.8 Å². The maximum absolute atomic E-state index is 12.4. The van der Waals surface area contributed by atoms with E-state index in [2.05, 4.69) is 0 Å². The van der Waals surface area contributed by atoms with Crippen molar-refractivity contribution in [1.82, 2.24) is 4.57 Å². The van der Waals surface area contributed by atoms with Crippen molar-refractivity contribution in [2.45, 2.75) is 31.7 Å². The zero-order chi connectivity index (χ0) is 15.1. The van der Waals surface area contributed by atoms with Crippen LogP contribution in [0.1, 0.15) is 37.3 Å². The van der Waals surface area contributed by atoms with Gasteiger partial charge < -0.3 is 9.67 Å². The minimum absolute atomic E-state index is 0.0518. The van der Waals surface area contributed by atoms with E-state index in [0.29, 0.717) is 10.8 Å². The maximum atomic E-state index is 12.4. The van der Waals surface area contributed by atoms with Crippen molar-refractivity contribution >= 4 is 16.5 Å². The van der Waals surface area contributed by atoms with Crippen LogP contribution < -0.4 is 5.56 Å². The van der Waals surface area contributed by atoms with Gasteiger partial charge in [0, 0.05) is 11.8 Å². The van der Waals surface area contributed by atoms with Crippen molar-refractivity contribution in [2.24, 2.45) is 0 Å². The van der Waals surface area contributed by atoms with Gasteiger partial charge in [0.2, 0.25) is 0 Å². The fraction of sp³-hybridized carbons (Fsp3) is 0.400. The summed E-state index contributed by atoms with van der Waals surface area (Å²) in [6.07, 6.45) is 3.45. The van der Waals surface area contributed by atoms with E-state index >= 15 is 0 Å². The average Bonchev–Trinajstić information content (AvgIpc) is 3.30. The second-order valence-corrected chi connectivity index (χ2v) is 5.56. The highest BCUT2D eigenvalue weighted by molar-refractivity contribution is 5.92. The van der Waals surface area contributed by atoms with Crippen molar-refractivity contribution in [3.05, 3.63) is 50.4 Å². The summed E-state index contributed by atoms with van der Waals surface area (Å²) in [4.78, 5) is 23.4. The maximum Gasteiger partial charge on any atom is 0.280 e. The minimum atomic E-state index is -0.394. The number of nitrogens with zero attached hydrogens (tertiary/aromatic N) is 2. The van der Waals surface area contributed by atoms with Gasteiger partial charge >= 0.3 is 0 Å². The van der Waals surface area contributed by atoms with Crippen LogP contribution in [-0.4, -0.2) is 21.2 Å². The third kappa shape index (κ3) is 2.21. The van der Waals surface area contributed by atoms with Crippen molar-refractivity contribution in [3.63, 3.8) is 0 Å². The molecule has 0 bridgehead atoms. The molecule has 0 unspecified atom stereocenters. The van der Waals surface area contributed by atoms with Gasteiger partial charge in [0.1, 0.15) is 0 Å². The standard InChI is InChI=1S/C15H16N2O4/c1-9(8-18)16-7-6-12-13(15(16)19)5-4-11(10-2-3-10)14(12)17(20)21/h4-7,9-10,18H,2-3,8H2,1H3/t9-/m1/s1. The number of benzene rings is 1. The number of aliphatic hydroxyl groups excluding tert-OH is 1. The second kappa shape index (κ2) is 4.96. The van der Waals surface area contributed by atoms with Gasteiger partial charge in [-0.3, -0.25) is 14.9 Å². The smallest absolute Gasteiger partial charge is 0.280 e. The molecule has 21 heavy (non-hydrogen) atoms. The number of pyridine rings is 1. The molecule has 1 aliphatic rings. The van der Waals surface area contributed by atoms with Gasteiger partial charge in [-0.15, -0.1) is 0 Å². The fourth-order valence-corrected chi connectivity index (χ4v) is 2.70. The molecule has 110 valence electrons. The van der Waals surface area contributed by atoms with Crippen LogP contribution in [0.25, 0.3) is 10.8 Å². The molecule has 1 N–H and O–H groups in total. The Bertz CT molecular complexity index is 777. The second-order valence-electron chi connectivity index (χ2n) is 5.56. The molecule has 1 aromatic carbocycles. The molecule has 0 radical (unpaired) electrons. The number of nitro benzene ring substituents is 1. The summed E-state index contributed by atoms with van der Waals surface area (Å²) in [5.41, 5.74) is 0.468. The number of fused-ring (bicyclic) bond motifs is 1. The summed E-state index contributed by atoms with van der Waals surface area (Å²) in [5, 5.41) is 21.3. The lowest BCUT2D eigenvalue weighted by molar-refractivity contribution is -0.383. The topological polar surface area (TPSA) is 85.4 Å². The molecule has 3 rings (SSSR count). The van der Waals surface area contributed by atoms with E-state index in [1.807, 2.05) is 0 Å². The van der Waals surface area contributed by atoms with Gasteiger partial charge in [0.05, 0.1) is 28.3 Å². The first-order valence-corrected chi connectivity index (χ1v) is 6.97. The van der Waals surface area contributed by atoms with Gasteiger partial charge in [-0.05, 0) is 37.8 Å². The van der Waals surface area contributed by atoms with Crippen molar-refractivity contribution < 1.29 is 10.0 Å². The van der Waals surface area contributed by atoms with Crippen LogP contribution in [-0.2, 0) is 0 Å². The number of aliphatic hydroxyl groups is 1. The molecular weight excluding hydrogens is 272 g/mol. The molecule has 1 atom stereocenters. The highest BCUT2D eigenvalue weighted by Gasteiger charge is 2.32. The molecule has 1 aliphatic carbocycles. The molecule has 1 saturated carbocycles. The predicted molar refractivity (Wildman–Crippen MR) is 78.6 cm³/mol. The third-order valence-corrected chi connectivity index (χ3v) is 4.05. The van der Waals surface area contributed by atoms with Crippen LogP contribution in [0.2, 0.25) is 0 Å². The fourth-order valence-electron chi connectivity index (χ4n) is 2.70. The molecule has 6 heteroatoms. The summed E-state index contributed by atoms with van der Waals surface area (Å²) in [6.45, 7) is 1.56. The Kier molecular flexibility index (Phi) is 3.25. The molecule has 0 spiro atoms. The molecule has 0 amide bonds. The molecule has 0 saturated heterocycles. The van der Waals surface area contributed by atoms with Crippen LogP contribution in [0.15, 0.2) is 29.2 Å². The van der Waals surface area contributed by atoms with Crippen molar-refractivity contribution in [3.8, 4) is 0 Å². The minimum Gasteiger partial charge on any atom is -0.394 e. The molecule has 0 aliphatic heterocycles. The Morgan fingerprint density at radius 3 is 2.67 bits per heavy atom. The predicted octanol–water partition coefficient (Wildman–Crippen LogP) is 2.34. The van der Waals surface area contributed by atoms with Crippen molar-refractivity contribution in [2.75, 3.05) is 6.61 Å². The van der Waals surface area contributed by atoms with Crippen LogP contribution in [0.4, 0.5) is 5.69 Å². The zero-order valence-electron chi connectivity index (χ0n) is 11.7. The van der Waals surface area contributed by atoms with Crippen LogP contribution >= 0.6 is 0 Å². The van der Waals surface area contributed by atoms with E-state index in [9.17, 15) is 20.0 Å². The summed E-state index contributed by atoms with van der Waals surface area (Å²) >= 11 is 0. The normalized spacial score (nSPS) is 16.1. The molecule has 2 aromatic rings. The summed E-state index contributed by atoms with van der Waals surface area (Å²) in [5.74, 6) is 0.244. The van der Waals surface area contributed by atoms with E-state index in [1.165, 1.54) is 10.8 Å². The van der Waals surface area contributed by atoms with E-state index in [4.69, 9.17) is 0 Å².